The molecule has 0 saturated carbocycles. The van der Waals surface area contributed by atoms with Gasteiger partial charge in [0.1, 0.15) is 23.8 Å². The van der Waals surface area contributed by atoms with Gasteiger partial charge in [0, 0.05) is 36.2 Å². The van der Waals surface area contributed by atoms with Crippen molar-refractivity contribution >= 4 is 27.8 Å². The van der Waals surface area contributed by atoms with Gasteiger partial charge in [-0.15, -0.1) is 0 Å². The number of fused-ring (bicyclic) bond motifs is 3. The molecule has 6 rings (SSSR count). The lowest BCUT2D eigenvalue weighted by Crippen LogP contribution is -1.85. The van der Waals surface area contributed by atoms with Crippen molar-refractivity contribution in [2.45, 2.75) is 0 Å². The van der Waals surface area contributed by atoms with E-state index in [1.165, 1.54) is 12.7 Å². The number of aromatic amines is 2. The van der Waals surface area contributed by atoms with Crippen molar-refractivity contribution in [2.75, 3.05) is 0 Å². The van der Waals surface area contributed by atoms with Gasteiger partial charge in [-0.3, -0.25) is 0 Å². The van der Waals surface area contributed by atoms with Crippen molar-refractivity contribution in [1.82, 2.24) is 49.5 Å². The molecule has 0 atom stereocenters. The minimum absolute atomic E-state index is 0.713. The van der Waals surface area contributed by atoms with Crippen LogP contribution in [-0.2, 0) is 0 Å². The Hall–Kier alpha value is -4.21. The predicted molar refractivity (Wildman–Crippen MR) is 98.6 cm³/mol. The number of rotatable bonds is 0. The molecule has 10 nitrogen and oxygen atoms in total. The number of H-pyrrole nitrogens is 2. The van der Waals surface area contributed by atoms with Gasteiger partial charge in [-0.05, 0) is 12.1 Å². The molecule has 6 aromatic rings. The lowest BCUT2D eigenvalue weighted by atomic mass is 10.4. The molecule has 27 heavy (non-hydrogen) atoms. The van der Waals surface area contributed by atoms with E-state index in [0.29, 0.717) is 5.65 Å². The van der Waals surface area contributed by atoms with Gasteiger partial charge in [-0.25, -0.2) is 34.4 Å². The smallest absolute Gasteiger partial charge is 0.180 e. The summed E-state index contributed by atoms with van der Waals surface area (Å²) in [5.41, 5.74) is 3.37. The van der Waals surface area contributed by atoms with Gasteiger partial charge in [-0.1, -0.05) is 0 Å². The van der Waals surface area contributed by atoms with Crippen LogP contribution in [0.1, 0.15) is 0 Å². The maximum atomic E-state index is 4.04. The average Bonchev–Trinajstić information content (AvgIpc) is 3.48. The zero-order valence-electron chi connectivity index (χ0n) is 14.0. The summed E-state index contributed by atoms with van der Waals surface area (Å²) in [6.07, 6.45) is 15.2. The second kappa shape index (κ2) is 7.78. The molecule has 0 aromatic carbocycles. The van der Waals surface area contributed by atoms with E-state index in [0.717, 1.165) is 22.2 Å². The van der Waals surface area contributed by atoms with Gasteiger partial charge in [0.05, 0.1) is 18.7 Å². The Bertz CT molecular complexity index is 1000. The molecule has 0 radical (unpaired) electrons. The largest absolute Gasteiger partial charge is 0.346 e. The fourth-order valence-corrected chi connectivity index (χ4v) is 2.25. The maximum Gasteiger partial charge on any atom is 0.180 e. The molecule has 0 aliphatic carbocycles. The van der Waals surface area contributed by atoms with Gasteiger partial charge in [-0.2, -0.15) is 5.10 Å². The lowest BCUT2D eigenvalue weighted by molar-refractivity contribution is 0.939. The van der Waals surface area contributed by atoms with Gasteiger partial charge in [0.15, 0.2) is 11.3 Å². The van der Waals surface area contributed by atoms with Crippen LogP contribution >= 0.6 is 0 Å². The first-order valence-electron chi connectivity index (χ1n) is 7.97. The van der Waals surface area contributed by atoms with Crippen molar-refractivity contribution in [1.29, 1.82) is 0 Å². The van der Waals surface area contributed by atoms with E-state index in [4.69, 9.17) is 0 Å². The highest BCUT2D eigenvalue weighted by atomic mass is 15.2. The molecule has 10 heteroatoms. The SMILES string of the molecule is c1cnc2ccnn2c1.c1ncc2[nH]cnc2n1.c1ncc2cc[nH]c2n1. The highest BCUT2D eigenvalue weighted by molar-refractivity contribution is 5.73. The summed E-state index contributed by atoms with van der Waals surface area (Å²) in [5, 5.41) is 5.03. The summed E-state index contributed by atoms with van der Waals surface area (Å²) in [6, 6.07) is 5.65. The summed E-state index contributed by atoms with van der Waals surface area (Å²) >= 11 is 0. The average molecular weight is 358 g/mol. The van der Waals surface area contributed by atoms with E-state index in [1.807, 2.05) is 30.6 Å². The van der Waals surface area contributed by atoms with Crippen LogP contribution in [0.5, 0.6) is 0 Å². The van der Waals surface area contributed by atoms with E-state index in [2.05, 4.69) is 45.0 Å². The van der Waals surface area contributed by atoms with Crippen molar-refractivity contribution in [3.63, 3.8) is 0 Å². The predicted octanol–water partition coefficient (Wildman–Crippen LogP) is 2.04. The Morgan fingerprint density at radius 3 is 2.67 bits per heavy atom. The molecule has 6 aromatic heterocycles. The van der Waals surface area contributed by atoms with Crippen LogP contribution in [0.2, 0.25) is 0 Å². The Balaban J connectivity index is 0.0000001000. The Labute approximate surface area is 152 Å². The molecule has 0 aliphatic heterocycles. The van der Waals surface area contributed by atoms with Crippen LogP contribution in [0.4, 0.5) is 0 Å². The van der Waals surface area contributed by atoms with Crippen molar-refractivity contribution < 1.29 is 0 Å². The van der Waals surface area contributed by atoms with Crippen LogP contribution in [0.3, 0.4) is 0 Å². The molecular weight excluding hydrogens is 344 g/mol. The van der Waals surface area contributed by atoms with Gasteiger partial charge >= 0.3 is 0 Å². The van der Waals surface area contributed by atoms with E-state index >= 15 is 0 Å². The second-order valence-electron chi connectivity index (χ2n) is 5.22. The second-order valence-corrected chi connectivity index (χ2v) is 5.22. The number of nitrogens with zero attached hydrogens (tertiary/aromatic N) is 8. The van der Waals surface area contributed by atoms with Crippen LogP contribution in [0.15, 0.2) is 74.4 Å². The molecule has 0 amide bonds. The molecule has 0 fully saturated rings. The Morgan fingerprint density at radius 2 is 1.78 bits per heavy atom. The molecule has 0 unspecified atom stereocenters. The van der Waals surface area contributed by atoms with Crippen LogP contribution < -0.4 is 0 Å². The zero-order valence-corrected chi connectivity index (χ0v) is 14.0. The van der Waals surface area contributed by atoms with Crippen molar-refractivity contribution in [3.05, 3.63) is 74.4 Å². The summed E-state index contributed by atoms with van der Waals surface area (Å²) in [6.45, 7) is 0. The van der Waals surface area contributed by atoms with Crippen LogP contribution in [0, 0.1) is 0 Å². The third-order valence-electron chi connectivity index (χ3n) is 3.49. The lowest BCUT2D eigenvalue weighted by Gasteiger charge is -1.85. The molecule has 132 valence electrons. The van der Waals surface area contributed by atoms with E-state index in [1.54, 1.807) is 35.6 Å². The molecule has 2 N–H and O–H groups in total. The monoisotopic (exact) mass is 358 g/mol. The van der Waals surface area contributed by atoms with E-state index < -0.39 is 0 Å². The minimum atomic E-state index is 0.713. The van der Waals surface area contributed by atoms with Crippen LogP contribution in [-0.4, -0.2) is 49.5 Å². The summed E-state index contributed by atoms with van der Waals surface area (Å²) < 4.78 is 1.72. The normalized spacial score (nSPS) is 10.2. The highest BCUT2D eigenvalue weighted by Gasteiger charge is 1.91. The van der Waals surface area contributed by atoms with Gasteiger partial charge in [0.25, 0.3) is 0 Å². The van der Waals surface area contributed by atoms with Crippen molar-refractivity contribution in [2.24, 2.45) is 0 Å². The van der Waals surface area contributed by atoms with E-state index in [9.17, 15) is 0 Å². The molecule has 0 saturated heterocycles. The molecule has 0 bridgehead atoms. The number of imidazole rings is 1. The first-order valence-corrected chi connectivity index (χ1v) is 7.97. The first-order chi connectivity index (χ1) is 13.4. The number of hydrogen-bond acceptors (Lipinski definition) is 7. The van der Waals surface area contributed by atoms with Gasteiger partial charge in [0.2, 0.25) is 0 Å². The summed E-state index contributed by atoms with van der Waals surface area (Å²) in [5.74, 6) is 0. The standard InChI is InChI=1S/2C6H5N3.C5H4N4/c1-3-7-6-2-4-8-9(6)5-1;1-2-8-6-5(1)3-7-4-9-6;1-4-5(8-2-6-1)9-3-7-4/h1-5H;1-4H,(H,7,8,9);1-3H,(H,6,7,8,9). The number of hydrogen-bond donors (Lipinski definition) is 2. The Kier molecular flexibility index (Phi) is 4.69. The highest BCUT2D eigenvalue weighted by Crippen LogP contribution is 2.04. The molecule has 0 aliphatic rings. The maximum absolute atomic E-state index is 4.04. The first kappa shape index (κ1) is 16.3. The van der Waals surface area contributed by atoms with Crippen molar-refractivity contribution in [3.8, 4) is 0 Å². The number of nitrogens with one attached hydrogen (secondary N) is 2. The Morgan fingerprint density at radius 1 is 0.852 bits per heavy atom. The summed E-state index contributed by atoms with van der Waals surface area (Å²) in [4.78, 5) is 29.3. The van der Waals surface area contributed by atoms with Crippen LogP contribution in [0.25, 0.3) is 27.8 Å². The molecule has 0 spiro atoms. The number of aromatic nitrogens is 10. The quantitative estimate of drug-likeness (QED) is 0.425. The minimum Gasteiger partial charge on any atom is -0.346 e. The third kappa shape index (κ3) is 3.90. The van der Waals surface area contributed by atoms with E-state index in [-0.39, 0.29) is 0 Å². The third-order valence-corrected chi connectivity index (χ3v) is 3.49. The molecule has 6 heterocycles. The van der Waals surface area contributed by atoms with Gasteiger partial charge < -0.3 is 9.97 Å². The molecular formula is C17H14N10. The summed E-state index contributed by atoms with van der Waals surface area (Å²) in [7, 11) is 0. The fraction of sp³-hybridized carbons (Fsp3) is 0. The zero-order chi connectivity index (χ0) is 18.3. The topological polar surface area (TPSA) is 126 Å². The fourth-order valence-electron chi connectivity index (χ4n) is 2.25.